The highest BCUT2D eigenvalue weighted by Crippen LogP contribution is 2.26. The summed E-state index contributed by atoms with van der Waals surface area (Å²) < 4.78 is 16.5. The molecule has 2 aliphatic rings. The summed E-state index contributed by atoms with van der Waals surface area (Å²) in [5, 5.41) is 5.71. The number of morpholine rings is 2. The summed E-state index contributed by atoms with van der Waals surface area (Å²) in [7, 11) is 0. The van der Waals surface area contributed by atoms with Crippen LogP contribution in [0.25, 0.3) is 0 Å². The van der Waals surface area contributed by atoms with E-state index < -0.39 is 5.91 Å². The quantitative estimate of drug-likeness (QED) is 0.484. The topological polar surface area (TPSA) is 122 Å². The van der Waals surface area contributed by atoms with Crippen molar-refractivity contribution < 1.29 is 23.5 Å². The maximum Gasteiger partial charge on any atom is 0.298 e. The summed E-state index contributed by atoms with van der Waals surface area (Å²) >= 11 is 0. The second kappa shape index (κ2) is 11.3. The molecule has 2 aromatic heterocycles. The second-order valence-corrected chi connectivity index (χ2v) is 9.93. The fraction of sp³-hybridized carbons (Fsp3) is 0.407. The van der Waals surface area contributed by atoms with E-state index in [-0.39, 0.29) is 17.1 Å². The highest BCUT2D eigenvalue weighted by Gasteiger charge is 2.30. The Balaban J connectivity index is 1.38. The molecule has 0 bridgehead atoms. The number of oxazole rings is 1. The van der Waals surface area contributed by atoms with E-state index in [2.05, 4.69) is 39.3 Å². The highest BCUT2D eigenvalue weighted by atomic mass is 16.5. The van der Waals surface area contributed by atoms with Crippen molar-refractivity contribution in [2.75, 3.05) is 61.6 Å². The summed E-state index contributed by atoms with van der Waals surface area (Å²) in [6, 6.07) is 9.36. The van der Waals surface area contributed by atoms with E-state index >= 15 is 0 Å². The number of rotatable bonds is 7. The third-order valence-electron chi connectivity index (χ3n) is 6.69. The Morgan fingerprint density at radius 3 is 2.61 bits per heavy atom. The molecule has 0 radical (unpaired) electrons. The van der Waals surface area contributed by atoms with E-state index in [0.717, 1.165) is 12.1 Å². The van der Waals surface area contributed by atoms with Crippen molar-refractivity contribution in [2.45, 2.75) is 25.9 Å². The fourth-order valence-electron chi connectivity index (χ4n) is 4.48. The fourth-order valence-corrected chi connectivity index (χ4v) is 4.48. The van der Waals surface area contributed by atoms with Crippen LogP contribution in [0, 0.1) is 0 Å². The highest BCUT2D eigenvalue weighted by molar-refractivity contribution is 6.12. The molecule has 11 nitrogen and oxygen atoms in total. The summed E-state index contributed by atoms with van der Waals surface area (Å²) in [5.41, 5.74) is 2.21. The Labute approximate surface area is 221 Å². The third kappa shape index (κ3) is 6.01. The molecule has 0 aliphatic carbocycles. The molecule has 2 saturated heterocycles. The monoisotopic (exact) mass is 520 g/mol. The van der Waals surface area contributed by atoms with Crippen LogP contribution in [0.5, 0.6) is 0 Å². The van der Waals surface area contributed by atoms with Gasteiger partial charge in [-0.3, -0.25) is 19.5 Å². The minimum atomic E-state index is -0.467. The summed E-state index contributed by atoms with van der Waals surface area (Å²) in [4.78, 5) is 39.1. The first-order chi connectivity index (χ1) is 18.4. The SMILES string of the molecule is CC1(C)COCCN1Cc1ccc(NC(=O)c2coc(N3CCOCC3)n2)c(C(=O)Nc2cccnc2)c1. The van der Waals surface area contributed by atoms with Crippen LogP contribution in [0.3, 0.4) is 0 Å². The lowest BCUT2D eigenvalue weighted by Crippen LogP contribution is -2.52. The smallest absolute Gasteiger partial charge is 0.298 e. The maximum atomic E-state index is 13.4. The molecule has 38 heavy (non-hydrogen) atoms. The summed E-state index contributed by atoms with van der Waals surface area (Å²) in [5.74, 6) is -0.823. The zero-order valence-electron chi connectivity index (χ0n) is 21.6. The van der Waals surface area contributed by atoms with Gasteiger partial charge in [0.1, 0.15) is 6.26 Å². The van der Waals surface area contributed by atoms with Crippen molar-refractivity contribution >= 4 is 29.2 Å². The number of nitrogens with one attached hydrogen (secondary N) is 2. The number of amides is 2. The normalized spacial score (nSPS) is 17.7. The predicted octanol–water partition coefficient (Wildman–Crippen LogP) is 3.02. The van der Waals surface area contributed by atoms with Crippen LogP contribution in [0.4, 0.5) is 17.4 Å². The average Bonchev–Trinajstić information content (AvgIpc) is 3.42. The standard InChI is InChI=1S/C27H32N6O5/c1-27(2)18-37-13-10-33(27)16-19-5-6-22(21(14-19)24(34)29-20-4-3-7-28-15-20)30-25(35)23-17-38-26(31-23)32-8-11-36-12-9-32/h3-7,14-15,17H,8-13,16,18H2,1-2H3,(H,29,34)(H,30,35). The first kappa shape index (κ1) is 25.8. The molecule has 2 N–H and O–H groups in total. The molecule has 0 saturated carbocycles. The van der Waals surface area contributed by atoms with Crippen LogP contribution in [0.1, 0.15) is 40.3 Å². The van der Waals surface area contributed by atoms with Crippen molar-refractivity contribution in [3.8, 4) is 0 Å². The van der Waals surface area contributed by atoms with E-state index in [0.29, 0.717) is 69.0 Å². The number of pyridine rings is 1. The molecule has 2 aliphatic heterocycles. The van der Waals surface area contributed by atoms with Crippen molar-refractivity contribution in [2.24, 2.45) is 0 Å². The molecule has 0 atom stereocenters. The summed E-state index contributed by atoms with van der Waals surface area (Å²) in [6.45, 7) is 9.45. The molecule has 1 aromatic carbocycles. The van der Waals surface area contributed by atoms with Crippen molar-refractivity contribution in [1.29, 1.82) is 0 Å². The van der Waals surface area contributed by atoms with Gasteiger partial charge in [-0.1, -0.05) is 6.07 Å². The minimum absolute atomic E-state index is 0.129. The van der Waals surface area contributed by atoms with E-state index in [1.165, 1.54) is 6.26 Å². The van der Waals surface area contributed by atoms with Gasteiger partial charge in [-0.15, -0.1) is 0 Å². The first-order valence-electron chi connectivity index (χ1n) is 12.7. The molecular formula is C27H32N6O5. The van der Waals surface area contributed by atoms with E-state index in [1.54, 1.807) is 30.6 Å². The van der Waals surface area contributed by atoms with Crippen LogP contribution in [0.2, 0.25) is 0 Å². The number of aromatic nitrogens is 2. The van der Waals surface area contributed by atoms with Gasteiger partial charge in [0.15, 0.2) is 5.69 Å². The van der Waals surface area contributed by atoms with Crippen molar-refractivity contribution in [1.82, 2.24) is 14.9 Å². The Morgan fingerprint density at radius 1 is 1.03 bits per heavy atom. The van der Waals surface area contributed by atoms with Gasteiger partial charge >= 0.3 is 0 Å². The number of ether oxygens (including phenoxy) is 2. The van der Waals surface area contributed by atoms with Gasteiger partial charge in [0.05, 0.1) is 49.6 Å². The maximum absolute atomic E-state index is 13.4. The molecule has 4 heterocycles. The third-order valence-corrected chi connectivity index (χ3v) is 6.69. The lowest BCUT2D eigenvalue weighted by atomic mass is 10.00. The number of anilines is 3. The van der Waals surface area contributed by atoms with Crippen molar-refractivity contribution in [3.63, 3.8) is 0 Å². The first-order valence-corrected chi connectivity index (χ1v) is 12.7. The number of hydrogen-bond donors (Lipinski definition) is 2. The molecule has 3 aromatic rings. The Bertz CT molecular complexity index is 1270. The van der Waals surface area contributed by atoms with Gasteiger partial charge in [0.25, 0.3) is 17.8 Å². The minimum Gasteiger partial charge on any atom is -0.431 e. The molecule has 2 amide bonds. The van der Waals surface area contributed by atoms with Crippen LogP contribution in [0.15, 0.2) is 53.4 Å². The van der Waals surface area contributed by atoms with Gasteiger partial charge in [0.2, 0.25) is 0 Å². The number of nitrogens with zero attached hydrogens (tertiary/aromatic N) is 4. The van der Waals surface area contributed by atoms with Crippen LogP contribution in [-0.2, 0) is 16.0 Å². The molecule has 2 fully saturated rings. The number of carbonyl (C=O) groups is 2. The van der Waals surface area contributed by atoms with Crippen LogP contribution in [-0.4, -0.2) is 78.3 Å². The number of benzene rings is 1. The van der Waals surface area contributed by atoms with E-state index in [1.807, 2.05) is 17.0 Å². The molecule has 0 spiro atoms. The van der Waals surface area contributed by atoms with Crippen molar-refractivity contribution in [3.05, 3.63) is 65.8 Å². The van der Waals surface area contributed by atoms with Gasteiger partial charge in [-0.2, -0.15) is 4.98 Å². The van der Waals surface area contributed by atoms with Crippen LogP contribution >= 0.6 is 0 Å². The van der Waals surface area contributed by atoms with Gasteiger partial charge in [-0.25, -0.2) is 0 Å². The van der Waals surface area contributed by atoms with Gasteiger partial charge in [0, 0.05) is 37.9 Å². The number of carbonyl (C=O) groups excluding carboxylic acids is 2. The Morgan fingerprint density at radius 2 is 1.84 bits per heavy atom. The van der Waals surface area contributed by atoms with Gasteiger partial charge in [-0.05, 0) is 43.7 Å². The Hall–Kier alpha value is -3.80. The van der Waals surface area contributed by atoms with Gasteiger partial charge < -0.3 is 29.4 Å². The zero-order chi connectivity index (χ0) is 26.5. The molecule has 200 valence electrons. The number of hydrogen-bond acceptors (Lipinski definition) is 9. The van der Waals surface area contributed by atoms with Crippen LogP contribution < -0.4 is 15.5 Å². The molecular weight excluding hydrogens is 488 g/mol. The second-order valence-electron chi connectivity index (χ2n) is 9.93. The lowest BCUT2D eigenvalue weighted by Gasteiger charge is -2.42. The molecule has 0 unspecified atom stereocenters. The predicted molar refractivity (Wildman–Crippen MR) is 141 cm³/mol. The van der Waals surface area contributed by atoms with E-state index in [4.69, 9.17) is 13.9 Å². The molecule has 11 heteroatoms. The average molecular weight is 521 g/mol. The molecule has 5 rings (SSSR count). The lowest BCUT2D eigenvalue weighted by molar-refractivity contribution is -0.0552. The van der Waals surface area contributed by atoms with E-state index in [9.17, 15) is 9.59 Å². The zero-order valence-corrected chi connectivity index (χ0v) is 21.6. The summed E-state index contributed by atoms with van der Waals surface area (Å²) in [6.07, 6.45) is 4.53. The largest absolute Gasteiger partial charge is 0.431 e. The Kier molecular flexibility index (Phi) is 7.68.